The van der Waals surface area contributed by atoms with Crippen molar-refractivity contribution in [3.8, 4) is 0 Å². The normalized spacial score (nSPS) is 19.2. The average molecular weight is 500 g/mol. The quantitative estimate of drug-likeness (QED) is 0.487. The van der Waals surface area contributed by atoms with Gasteiger partial charge in [-0.05, 0) is 76.6 Å². The maximum Gasteiger partial charge on any atom is 0.410 e. The summed E-state index contributed by atoms with van der Waals surface area (Å²) >= 11 is 0. The van der Waals surface area contributed by atoms with Crippen LogP contribution in [0.3, 0.4) is 0 Å². The number of nitrogens with zero attached hydrogens (tertiary/aromatic N) is 2. The Morgan fingerprint density at radius 1 is 1.03 bits per heavy atom. The summed E-state index contributed by atoms with van der Waals surface area (Å²) in [7, 11) is 1.31. The highest BCUT2D eigenvalue weighted by Gasteiger charge is 2.29. The molecule has 1 atom stereocenters. The molecule has 9 nitrogen and oxygen atoms in total. The Labute approximate surface area is 212 Å². The molecule has 36 heavy (non-hydrogen) atoms. The largest absolute Gasteiger partial charge is 0.465 e. The van der Waals surface area contributed by atoms with Crippen molar-refractivity contribution in [1.29, 1.82) is 0 Å². The number of methoxy groups -OCH3 is 1. The second-order valence-electron chi connectivity index (χ2n) is 10.3. The lowest BCUT2D eigenvalue weighted by molar-refractivity contribution is -0.130. The van der Waals surface area contributed by atoms with Gasteiger partial charge in [-0.3, -0.25) is 9.59 Å². The molecule has 0 spiro atoms. The molecule has 2 saturated heterocycles. The number of hydrogen-bond donors (Lipinski definition) is 1. The molecule has 2 fully saturated rings. The van der Waals surface area contributed by atoms with Gasteiger partial charge >= 0.3 is 12.1 Å². The molecule has 2 aliphatic heterocycles. The average Bonchev–Trinajstić information content (AvgIpc) is 2.86. The molecule has 196 valence electrons. The monoisotopic (exact) mass is 499 g/mol. The van der Waals surface area contributed by atoms with Crippen LogP contribution < -0.4 is 5.32 Å². The fourth-order valence-electron chi connectivity index (χ4n) is 4.40. The predicted molar refractivity (Wildman–Crippen MR) is 135 cm³/mol. The molecule has 2 aliphatic rings. The topological polar surface area (TPSA) is 105 Å². The van der Waals surface area contributed by atoms with E-state index in [-0.39, 0.29) is 29.7 Å². The molecule has 9 heteroatoms. The third kappa shape index (κ3) is 7.83. The van der Waals surface area contributed by atoms with E-state index in [0.717, 1.165) is 19.3 Å². The van der Waals surface area contributed by atoms with Gasteiger partial charge < -0.3 is 24.6 Å². The number of hydrogen-bond acceptors (Lipinski definition) is 6. The van der Waals surface area contributed by atoms with Crippen molar-refractivity contribution in [2.45, 2.75) is 52.1 Å². The number of allylic oxidation sites excluding steroid dienone is 1. The van der Waals surface area contributed by atoms with E-state index in [1.807, 2.05) is 26.8 Å². The Bertz CT molecular complexity index is 991. The fourth-order valence-corrected chi connectivity index (χ4v) is 4.40. The summed E-state index contributed by atoms with van der Waals surface area (Å²) in [5.74, 6) is -0.848. The Balaban J connectivity index is 1.48. The third-order valence-electron chi connectivity index (χ3n) is 6.36. The molecule has 1 aromatic rings. The first-order chi connectivity index (χ1) is 17.1. The number of rotatable bonds is 5. The van der Waals surface area contributed by atoms with E-state index >= 15 is 0 Å². The second kappa shape index (κ2) is 12.1. The molecule has 0 aliphatic carbocycles. The van der Waals surface area contributed by atoms with Gasteiger partial charge in [0.2, 0.25) is 11.8 Å². The van der Waals surface area contributed by atoms with E-state index in [0.29, 0.717) is 43.9 Å². The van der Waals surface area contributed by atoms with Gasteiger partial charge in [-0.1, -0.05) is 12.1 Å². The molecule has 3 rings (SSSR count). The van der Waals surface area contributed by atoms with Crippen molar-refractivity contribution in [2.75, 3.05) is 38.6 Å². The van der Waals surface area contributed by atoms with Crippen molar-refractivity contribution >= 4 is 29.6 Å². The molecular weight excluding hydrogens is 462 g/mol. The molecule has 0 bridgehead atoms. The minimum absolute atomic E-state index is 0.102. The maximum absolute atomic E-state index is 12.8. The first-order valence-corrected chi connectivity index (χ1v) is 12.5. The highest BCUT2D eigenvalue weighted by molar-refractivity contribution is 5.96. The number of nitrogens with one attached hydrogen (secondary N) is 1. The van der Waals surface area contributed by atoms with Crippen LogP contribution in [0, 0.1) is 11.8 Å². The molecule has 1 N–H and O–H groups in total. The van der Waals surface area contributed by atoms with Crippen molar-refractivity contribution in [3.05, 3.63) is 42.0 Å². The first-order valence-electron chi connectivity index (χ1n) is 12.5. The van der Waals surface area contributed by atoms with E-state index in [4.69, 9.17) is 9.47 Å². The van der Waals surface area contributed by atoms with Gasteiger partial charge in [0.25, 0.3) is 0 Å². The summed E-state index contributed by atoms with van der Waals surface area (Å²) in [5, 5.41) is 2.86. The molecule has 3 amide bonds. The Kier molecular flexibility index (Phi) is 9.12. The SMILES string of the molecule is COC(=O)c1cccc(NC(=O)[C@@H]2CCCN(C(=O)C=CC3CCN(C(=O)OC(C)(C)C)CC3)C2)c1. The van der Waals surface area contributed by atoms with E-state index in [1.165, 1.54) is 7.11 Å². The van der Waals surface area contributed by atoms with Crippen LogP contribution in [0.1, 0.15) is 56.8 Å². The summed E-state index contributed by atoms with van der Waals surface area (Å²) in [4.78, 5) is 53.0. The van der Waals surface area contributed by atoms with Gasteiger partial charge in [0.1, 0.15) is 5.60 Å². The Morgan fingerprint density at radius 2 is 1.75 bits per heavy atom. The molecule has 0 aromatic heterocycles. The van der Waals surface area contributed by atoms with Crippen LogP contribution in [-0.2, 0) is 19.1 Å². The van der Waals surface area contributed by atoms with Crippen molar-refractivity contribution in [2.24, 2.45) is 11.8 Å². The summed E-state index contributed by atoms with van der Waals surface area (Å²) < 4.78 is 10.2. The number of carbonyl (C=O) groups is 4. The van der Waals surface area contributed by atoms with Crippen molar-refractivity contribution < 1.29 is 28.7 Å². The minimum Gasteiger partial charge on any atom is -0.465 e. The van der Waals surface area contributed by atoms with Crippen LogP contribution in [0.15, 0.2) is 36.4 Å². The smallest absolute Gasteiger partial charge is 0.410 e. The van der Waals surface area contributed by atoms with Gasteiger partial charge in [-0.15, -0.1) is 0 Å². The van der Waals surface area contributed by atoms with Gasteiger partial charge in [0, 0.05) is 31.9 Å². The number of carbonyl (C=O) groups excluding carboxylic acids is 4. The van der Waals surface area contributed by atoms with Gasteiger partial charge in [0.15, 0.2) is 0 Å². The van der Waals surface area contributed by atoms with Crippen LogP contribution >= 0.6 is 0 Å². The summed E-state index contributed by atoms with van der Waals surface area (Å²) in [6, 6.07) is 6.59. The predicted octanol–water partition coefficient (Wildman–Crippen LogP) is 3.85. The fraction of sp³-hybridized carbons (Fsp3) is 0.556. The number of ether oxygens (including phenoxy) is 2. The number of benzene rings is 1. The Hall–Kier alpha value is -3.36. The zero-order chi connectivity index (χ0) is 26.3. The van der Waals surface area contributed by atoms with Gasteiger partial charge in [0.05, 0.1) is 18.6 Å². The highest BCUT2D eigenvalue weighted by Crippen LogP contribution is 2.23. The third-order valence-corrected chi connectivity index (χ3v) is 6.36. The van der Waals surface area contributed by atoms with Crippen LogP contribution in [0.25, 0.3) is 0 Å². The van der Waals surface area contributed by atoms with Crippen molar-refractivity contribution in [3.63, 3.8) is 0 Å². The number of piperidine rings is 2. The molecule has 2 heterocycles. The lowest BCUT2D eigenvalue weighted by Crippen LogP contribution is -2.43. The highest BCUT2D eigenvalue weighted by atomic mass is 16.6. The molecule has 1 aromatic carbocycles. The van der Waals surface area contributed by atoms with Crippen LogP contribution in [0.2, 0.25) is 0 Å². The first kappa shape index (κ1) is 27.2. The molecular formula is C27H37N3O6. The number of amides is 3. The lowest BCUT2D eigenvalue weighted by atomic mass is 9.95. The van der Waals surface area contributed by atoms with E-state index in [1.54, 1.807) is 40.1 Å². The zero-order valence-corrected chi connectivity index (χ0v) is 21.6. The van der Waals surface area contributed by atoms with Crippen molar-refractivity contribution in [1.82, 2.24) is 9.80 Å². The number of likely N-dealkylation sites (tertiary alicyclic amines) is 2. The second-order valence-corrected chi connectivity index (χ2v) is 10.3. The van der Waals surface area contributed by atoms with E-state index in [2.05, 4.69) is 5.32 Å². The van der Waals surface area contributed by atoms with Crippen LogP contribution in [0.5, 0.6) is 0 Å². The van der Waals surface area contributed by atoms with Crippen LogP contribution in [0.4, 0.5) is 10.5 Å². The zero-order valence-electron chi connectivity index (χ0n) is 21.6. The molecule has 0 unspecified atom stereocenters. The number of esters is 1. The number of anilines is 1. The Morgan fingerprint density at radius 3 is 2.42 bits per heavy atom. The van der Waals surface area contributed by atoms with Gasteiger partial charge in [-0.2, -0.15) is 0 Å². The molecule has 0 radical (unpaired) electrons. The van der Waals surface area contributed by atoms with Crippen LogP contribution in [-0.4, -0.2) is 72.6 Å². The van der Waals surface area contributed by atoms with Gasteiger partial charge in [-0.25, -0.2) is 9.59 Å². The van der Waals surface area contributed by atoms with E-state index < -0.39 is 11.6 Å². The minimum atomic E-state index is -0.517. The maximum atomic E-state index is 12.8. The molecule has 0 saturated carbocycles. The standard InChI is InChI=1S/C27H37N3O6/c1-27(2,3)36-26(34)29-15-12-19(13-16-29)10-11-23(31)30-14-6-8-21(18-30)24(32)28-22-9-5-7-20(17-22)25(33)35-4/h5,7,9-11,17,19,21H,6,8,12-16,18H2,1-4H3,(H,28,32)/t21-/m1/s1. The van der Waals surface area contributed by atoms with E-state index in [9.17, 15) is 19.2 Å². The summed E-state index contributed by atoms with van der Waals surface area (Å²) in [5.41, 5.74) is 0.359. The lowest BCUT2D eigenvalue weighted by Gasteiger charge is -2.33. The summed E-state index contributed by atoms with van der Waals surface area (Å²) in [6.07, 6.45) is 6.23. The summed E-state index contributed by atoms with van der Waals surface area (Å²) in [6.45, 7) is 7.71.